The topological polar surface area (TPSA) is 17.1 Å². The summed E-state index contributed by atoms with van der Waals surface area (Å²) >= 11 is 6.60. The van der Waals surface area contributed by atoms with Crippen molar-refractivity contribution in [3.63, 3.8) is 0 Å². The molecule has 136 valence electrons. The highest BCUT2D eigenvalue weighted by Crippen LogP contribution is 2.51. The number of carbonyl (C=O) groups is 1. The van der Waals surface area contributed by atoms with E-state index in [9.17, 15) is 4.79 Å². The summed E-state index contributed by atoms with van der Waals surface area (Å²) in [5.41, 5.74) is 2.87. The molecule has 1 aliphatic carbocycles. The van der Waals surface area contributed by atoms with Crippen LogP contribution in [0.2, 0.25) is 0 Å². The molecule has 3 aromatic carbocycles. The number of Topliss-reactive ketones (excluding diaryl/α,β-unsaturated/α-hetero) is 1. The lowest BCUT2D eigenvalue weighted by atomic mass is 9.61. The molecule has 0 N–H and O–H groups in total. The first kappa shape index (κ1) is 18.0. The highest BCUT2D eigenvalue weighted by atomic mass is 35.5. The zero-order valence-corrected chi connectivity index (χ0v) is 16.1. The first-order valence-electron chi connectivity index (χ1n) is 9.50. The summed E-state index contributed by atoms with van der Waals surface area (Å²) in [7, 11) is 0. The summed E-state index contributed by atoms with van der Waals surface area (Å²) in [6, 6.07) is 31.2. The monoisotopic (exact) mass is 374 g/mol. The van der Waals surface area contributed by atoms with Gasteiger partial charge in [-0.3, -0.25) is 4.79 Å². The summed E-state index contributed by atoms with van der Waals surface area (Å²) in [6.45, 7) is 1.96. The van der Waals surface area contributed by atoms with E-state index >= 15 is 0 Å². The Hall–Kier alpha value is -2.38. The summed E-state index contributed by atoms with van der Waals surface area (Å²) in [5, 5.41) is -0.127. The Morgan fingerprint density at radius 3 is 1.41 bits per heavy atom. The van der Waals surface area contributed by atoms with Gasteiger partial charge in [-0.05, 0) is 23.1 Å². The molecule has 2 heteroatoms. The molecule has 0 spiro atoms. The first-order valence-corrected chi connectivity index (χ1v) is 9.93. The standard InChI is InChI=1S/C25H23ClO/c1-18-23(26)17-22(24(18)27)25(19-11-5-2-6-12-19,20-13-7-3-8-14-20)21-15-9-4-10-16-21/h2-16,18,22-23H,17H2,1H3/t18-,22-,23+/m0/s1. The van der Waals surface area contributed by atoms with Gasteiger partial charge in [-0.15, -0.1) is 11.6 Å². The Balaban J connectivity index is 2.06. The second-order valence-corrected chi connectivity index (χ2v) is 7.96. The molecule has 3 aromatic rings. The van der Waals surface area contributed by atoms with E-state index in [2.05, 4.69) is 72.8 Å². The molecule has 0 aliphatic heterocycles. The average Bonchev–Trinajstić information content (AvgIpc) is 2.99. The highest BCUT2D eigenvalue weighted by molar-refractivity contribution is 6.23. The van der Waals surface area contributed by atoms with Gasteiger partial charge in [0.15, 0.2) is 0 Å². The van der Waals surface area contributed by atoms with E-state index in [0.717, 1.165) is 16.7 Å². The second-order valence-electron chi connectivity index (χ2n) is 7.40. The van der Waals surface area contributed by atoms with Crippen LogP contribution in [0.3, 0.4) is 0 Å². The molecule has 0 saturated heterocycles. The molecular weight excluding hydrogens is 352 g/mol. The maximum atomic E-state index is 13.4. The van der Waals surface area contributed by atoms with E-state index in [1.807, 2.05) is 25.1 Å². The fraction of sp³-hybridized carbons (Fsp3) is 0.240. The average molecular weight is 375 g/mol. The number of halogens is 1. The van der Waals surface area contributed by atoms with Crippen LogP contribution in [0.15, 0.2) is 91.0 Å². The van der Waals surface area contributed by atoms with E-state index in [0.29, 0.717) is 6.42 Å². The van der Waals surface area contributed by atoms with Crippen LogP contribution in [-0.2, 0) is 10.2 Å². The molecule has 3 atom stereocenters. The largest absolute Gasteiger partial charge is 0.299 e. The van der Waals surface area contributed by atoms with Crippen LogP contribution >= 0.6 is 11.6 Å². The van der Waals surface area contributed by atoms with Gasteiger partial charge in [-0.2, -0.15) is 0 Å². The van der Waals surface area contributed by atoms with Gasteiger partial charge < -0.3 is 0 Å². The number of alkyl halides is 1. The molecule has 1 saturated carbocycles. The van der Waals surface area contributed by atoms with Gasteiger partial charge in [0.05, 0.1) is 5.41 Å². The van der Waals surface area contributed by atoms with Crippen LogP contribution in [0, 0.1) is 11.8 Å². The van der Waals surface area contributed by atoms with Crippen molar-refractivity contribution in [3.05, 3.63) is 108 Å². The number of hydrogen-bond acceptors (Lipinski definition) is 1. The fourth-order valence-electron chi connectivity index (χ4n) is 4.64. The minimum atomic E-state index is -0.543. The zero-order valence-electron chi connectivity index (χ0n) is 15.4. The lowest BCUT2D eigenvalue weighted by Crippen LogP contribution is -2.40. The van der Waals surface area contributed by atoms with Crippen molar-refractivity contribution >= 4 is 17.4 Å². The third-order valence-corrected chi connectivity index (χ3v) is 6.56. The third-order valence-electron chi connectivity index (χ3n) is 6.01. The summed E-state index contributed by atoms with van der Waals surface area (Å²) in [4.78, 5) is 13.4. The number of rotatable bonds is 4. The van der Waals surface area contributed by atoms with Crippen molar-refractivity contribution in [2.45, 2.75) is 24.1 Å². The molecule has 0 bridgehead atoms. The van der Waals surface area contributed by atoms with Crippen LogP contribution < -0.4 is 0 Å². The SMILES string of the molecule is C[C@@H]1C(=O)[C@@H](C(c2ccccc2)(c2ccccc2)c2ccccc2)C[C@H]1Cl. The molecule has 4 rings (SSSR count). The molecule has 1 fully saturated rings. The molecule has 0 unspecified atom stereocenters. The lowest BCUT2D eigenvalue weighted by molar-refractivity contribution is -0.124. The van der Waals surface area contributed by atoms with Crippen LogP contribution in [0.5, 0.6) is 0 Å². The molecular formula is C25H23ClO. The minimum Gasteiger partial charge on any atom is -0.299 e. The van der Waals surface area contributed by atoms with Crippen LogP contribution in [0.4, 0.5) is 0 Å². The molecule has 27 heavy (non-hydrogen) atoms. The number of hydrogen-bond donors (Lipinski definition) is 0. The van der Waals surface area contributed by atoms with Gasteiger partial charge in [0, 0.05) is 17.2 Å². The Kier molecular flexibility index (Phi) is 4.88. The van der Waals surface area contributed by atoms with Crippen molar-refractivity contribution in [1.82, 2.24) is 0 Å². The Labute approximate surface area is 166 Å². The summed E-state index contributed by atoms with van der Waals surface area (Å²) < 4.78 is 0. The van der Waals surface area contributed by atoms with Gasteiger partial charge in [0.25, 0.3) is 0 Å². The Morgan fingerprint density at radius 2 is 1.11 bits per heavy atom. The normalized spacial score (nSPS) is 22.7. The van der Waals surface area contributed by atoms with Crippen molar-refractivity contribution in [2.75, 3.05) is 0 Å². The van der Waals surface area contributed by atoms with Gasteiger partial charge in [-0.25, -0.2) is 0 Å². The summed E-state index contributed by atoms with van der Waals surface area (Å²) in [6.07, 6.45) is 0.681. The van der Waals surface area contributed by atoms with E-state index in [-0.39, 0.29) is 23.0 Å². The third kappa shape index (κ3) is 2.91. The summed E-state index contributed by atoms with van der Waals surface area (Å²) in [5.74, 6) is -0.0686. The maximum absolute atomic E-state index is 13.4. The smallest absolute Gasteiger partial charge is 0.141 e. The van der Waals surface area contributed by atoms with Crippen molar-refractivity contribution in [1.29, 1.82) is 0 Å². The molecule has 0 radical (unpaired) electrons. The minimum absolute atomic E-state index is 0.127. The van der Waals surface area contributed by atoms with Gasteiger partial charge >= 0.3 is 0 Å². The van der Waals surface area contributed by atoms with Crippen molar-refractivity contribution in [3.8, 4) is 0 Å². The maximum Gasteiger partial charge on any atom is 0.141 e. The van der Waals surface area contributed by atoms with Crippen molar-refractivity contribution < 1.29 is 4.79 Å². The highest BCUT2D eigenvalue weighted by Gasteiger charge is 2.53. The predicted molar refractivity (Wildman–Crippen MR) is 111 cm³/mol. The Bertz CT molecular complexity index is 808. The number of ketones is 1. The fourth-order valence-corrected chi connectivity index (χ4v) is 4.94. The zero-order chi connectivity index (χ0) is 18.9. The molecule has 0 aromatic heterocycles. The van der Waals surface area contributed by atoms with Gasteiger partial charge in [0.1, 0.15) is 5.78 Å². The van der Waals surface area contributed by atoms with E-state index in [1.165, 1.54) is 0 Å². The molecule has 1 aliphatic rings. The molecule has 0 amide bonds. The van der Waals surface area contributed by atoms with E-state index in [1.54, 1.807) is 0 Å². The van der Waals surface area contributed by atoms with Crippen LogP contribution in [-0.4, -0.2) is 11.2 Å². The van der Waals surface area contributed by atoms with E-state index < -0.39 is 5.41 Å². The predicted octanol–water partition coefficient (Wildman–Crippen LogP) is 5.85. The molecule has 1 nitrogen and oxygen atoms in total. The second kappa shape index (κ2) is 7.32. The van der Waals surface area contributed by atoms with Gasteiger partial charge in [-0.1, -0.05) is 97.9 Å². The number of carbonyl (C=O) groups excluding carboxylic acids is 1. The quantitative estimate of drug-likeness (QED) is 0.413. The number of benzene rings is 3. The van der Waals surface area contributed by atoms with Crippen molar-refractivity contribution in [2.24, 2.45) is 11.8 Å². The van der Waals surface area contributed by atoms with Gasteiger partial charge in [0.2, 0.25) is 0 Å². The first-order chi connectivity index (χ1) is 13.2. The van der Waals surface area contributed by atoms with E-state index in [4.69, 9.17) is 11.6 Å². The van der Waals surface area contributed by atoms with Crippen LogP contribution in [0.1, 0.15) is 30.0 Å². The Morgan fingerprint density at radius 1 is 0.741 bits per heavy atom. The lowest BCUT2D eigenvalue weighted by Gasteiger charge is -2.40. The molecule has 0 heterocycles. The van der Waals surface area contributed by atoms with Crippen LogP contribution in [0.25, 0.3) is 0 Å².